The largest absolute Gasteiger partial charge is 0.305 e. The molecule has 7 heteroatoms. The van der Waals surface area contributed by atoms with E-state index in [0.717, 1.165) is 27.7 Å². The molecule has 146 valence electrons. The van der Waals surface area contributed by atoms with Gasteiger partial charge in [-0.05, 0) is 41.8 Å². The summed E-state index contributed by atoms with van der Waals surface area (Å²) in [4.78, 5) is 17.0. The van der Waals surface area contributed by atoms with E-state index in [1.165, 1.54) is 0 Å². The van der Waals surface area contributed by atoms with E-state index < -0.39 is 0 Å². The number of amides is 1. The minimum absolute atomic E-state index is 0.226. The number of rotatable bonds is 4. The van der Waals surface area contributed by atoms with Gasteiger partial charge >= 0.3 is 0 Å². The maximum Gasteiger partial charge on any atom is 0.256 e. The Kier molecular flexibility index (Phi) is 4.33. The normalized spacial score (nSPS) is 11.0. The predicted octanol–water partition coefficient (Wildman–Crippen LogP) is 4.07. The van der Waals surface area contributed by atoms with Crippen LogP contribution in [0, 0.1) is 0 Å². The Balaban J connectivity index is 1.41. The van der Waals surface area contributed by atoms with Crippen LogP contribution in [0.1, 0.15) is 10.4 Å². The standard InChI is InChI=1S/C23H18N6O/c1-28-21(17-7-6-16-8-10-24-15-19(16)12-17)14-22(27-28)26-23(30)18-4-2-5-20(13-18)29-11-3-9-25-29/h2-15H,1H3,(H,26,27,30). The third-order valence-corrected chi connectivity index (χ3v) is 4.94. The van der Waals surface area contributed by atoms with Crippen molar-refractivity contribution >= 4 is 22.5 Å². The topological polar surface area (TPSA) is 77.6 Å². The first-order valence-electron chi connectivity index (χ1n) is 9.47. The van der Waals surface area contributed by atoms with E-state index in [0.29, 0.717) is 11.4 Å². The van der Waals surface area contributed by atoms with Gasteiger partial charge in [0.05, 0.1) is 11.4 Å². The first-order chi connectivity index (χ1) is 14.7. The summed E-state index contributed by atoms with van der Waals surface area (Å²) in [6.07, 6.45) is 7.15. The lowest BCUT2D eigenvalue weighted by Gasteiger charge is -2.05. The summed E-state index contributed by atoms with van der Waals surface area (Å²) in [5, 5.41) is 13.7. The van der Waals surface area contributed by atoms with Crippen LogP contribution in [-0.4, -0.2) is 30.5 Å². The average molecular weight is 394 g/mol. The molecule has 3 heterocycles. The number of carbonyl (C=O) groups excluding carboxylic acids is 1. The van der Waals surface area contributed by atoms with E-state index in [4.69, 9.17) is 0 Å². The molecule has 7 nitrogen and oxygen atoms in total. The molecule has 1 amide bonds. The van der Waals surface area contributed by atoms with Gasteiger partial charge in [-0.25, -0.2) is 4.68 Å². The minimum Gasteiger partial charge on any atom is -0.305 e. The van der Waals surface area contributed by atoms with Gasteiger partial charge in [0.2, 0.25) is 0 Å². The highest BCUT2D eigenvalue weighted by Gasteiger charge is 2.13. The van der Waals surface area contributed by atoms with Gasteiger partial charge in [-0.2, -0.15) is 10.2 Å². The van der Waals surface area contributed by atoms with E-state index >= 15 is 0 Å². The van der Waals surface area contributed by atoms with E-state index in [-0.39, 0.29) is 5.91 Å². The van der Waals surface area contributed by atoms with Crippen molar-refractivity contribution in [2.45, 2.75) is 0 Å². The molecular formula is C23H18N6O. The molecule has 0 bridgehead atoms. The van der Waals surface area contributed by atoms with Crippen molar-refractivity contribution in [2.24, 2.45) is 7.05 Å². The van der Waals surface area contributed by atoms with Crippen LogP contribution in [0.25, 0.3) is 27.7 Å². The highest BCUT2D eigenvalue weighted by atomic mass is 16.1. The Bertz CT molecular complexity index is 1350. The fourth-order valence-electron chi connectivity index (χ4n) is 3.44. The Labute approximate surface area is 172 Å². The minimum atomic E-state index is -0.226. The van der Waals surface area contributed by atoms with Gasteiger partial charge in [0, 0.05) is 54.4 Å². The zero-order valence-electron chi connectivity index (χ0n) is 16.2. The summed E-state index contributed by atoms with van der Waals surface area (Å²) < 4.78 is 3.47. The fraction of sp³-hybridized carbons (Fsp3) is 0.0435. The molecule has 0 fully saturated rings. The van der Waals surface area contributed by atoms with Crippen molar-refractivity contribution in [1.82, 2.24) is 24.5 Å². The zero-order valence-corrected chi connectivity index (χ0v) is 16.2. The molecule has 0 spiro atoms. The van der Waals surface area contributed by atoms with E-state index in [2.05, 4.69) is 32.6 Å². The van der Waals surface area contributed by atoms with Crippen LogP contribution in [0.15, 0.2) is 85.5 Å². The number of aromatic nitrogens is 5. The van der Waals surface area contributed by atoms with Crippen molar-refractivity contribution in [1.29, 1.82) is 0 Å². The molecule has 0 saturated carbocycles. The van der Waals surface area contributed by atoms with Crippen LogP contribution >= 0.6 is 0 Å². The zero-order chi connectivity index (χ0) is 20.5. The molecule has 0 atom stereocenters. The van der Waals surface area contributed by atoms with Gasteiger partial charge < -0.3 is 5.32 Å². The van der Waals surface area contributed by atoms with Crippen LogP contribution in [0.3, 0.4) is 0 Å². The number of pyridine rings is 1. The number of aryl methyl sites for hydroxylation is 1. The van der Waals surface area contributed by atoms with Crippen molar-refractivity contribution in [3.63, 3.8) is 0 Å². The van der Waals surface area contributed by atoms with E-state index in [9.17, 15) is 4.79 Å². The number of benzene rings is 2. The van der Waals surface area contributed by atoms with Gasteiger partial charge in [0.1, 0.15) is 0 Å². The second-order valence-electron chi connectivity index (χ2n) is 6.93. The molecular weight excluding hydrogens is 376 g/mol. The SMILES string of the molecule is Cn1nc(NC(=O)c2cccc(-n3cccn3)c2)cc1-c1ccc2ccncc2c1. The molecule has 0 unspecified atom stereocenters. The van der Waals surface area contributed by atoms with Crippen molar-refractivity contribution in [3.8, 4) is 16.9 Å². The third-order valence-electron chi connectivity index (χ3n) is 4.94. The summed E-state index contributed by atoms with van der Waals surface area (Å²) >= 11 is 0. The molecule has 5 aromatic rings. The van der Waals surface area contributed by atoms with Gasteiger partial charge in [-0.1, -0.05) is 18.2 Å². The summed E-state index contributed by atoms with van der Waals surface area (Å²) in [5.74, 6) is 0.268. The van der Waals surface area contributed by atoms with Crippen molar-refractivity contribution < 1.29 is 4.79 Å². The molecule has 3 aromatic heterocycles. The number of fused-ring (bicyclic) bond motifs is 1. The molecule has 0 aliphatic heterocycles. The molecule has 5 rings (SSSR count). The average Bonchev–Trinajstić information content (AvgIpc) is 3.43. The monoisotopic (exact) mass is 394 g/mol. The van der Waals surface area contributed by atoms with Gasteiger partial charge in [-0.15, -0.1) is 0 Å². The number of hydrogen-bond donors (Lipinski definition) is 1. The molecule has 2 aromatic carbocycles. The molecule has 0 aliphatic carbocycles. The number of carbonyl (C=O) groups is 1. The summed E-state index contributed by atoms with van der Waals surface area (Å²) in [5.41, 5.74) is 3.26. The van der Waals surface area contributed by atoms with Crippen molar-refractivity contribution in [3.05, 3.63) is 91.0 Å². The van der Waals surface area contributed by atoms with E-state index in [1.54, 1.807) is 33.9 Å². The van der Waals surface area contributed by atoms with Gasteiger partial charge in [-0.3, -0.25) is 14.5 Å². The lowest BCUT2D eigenvalue weighted by atomic mass is 10.1. The van der Waals surface area contributed by atoms with Gasteiger partial charge in [0.15, 0.2) is 5.82 Å². The second kappa shape index (κ2) is 7.29. The summed E-state index contributed by atoms with van der Waals surface area (Å²) in [6.45, 7) is 0. The van der Waals surface area contributed by atoms with Crippen LogP contribution in [0.5, 0.6) is 0 Å². The highest BCUT2D eigenvalue weighted by Crippen LogP contribution is 2.26. The smallest absolute Gasteiger partial charge is 0.256 e. The first kappa shape index (κ1) is 17.8. The quantitative estimate of drug-likeness (QED) is 0.498. The second-order valence-corrected chi connectivity index (χ2v) is 6.93. The number of hydrogen-bond acceptors (Lipinski definition) is 4. The van der Waals surface area contributed by atoms with Crippen molar-refractivity contribution in [2.75, 3.05) is 5.32 Å². The number of nitrogens with one attached hydrogen (secondary N) is 1. The Morgan fingerprint density at radius 1 is 0.967 bits per heavy atom. The van der Waals surface area contributed by atoms with Crippen LogP contribution in [0.4, 0.5) is 5.82 Å². The van der Waals surface area contributed by atoms with Crippen LogP contribution < -0.4 is 5.32 Å². The predicted molar refractivity (Wildman–Crippen MR) is 115 cm³/mol. The fourth-order valence-corrected chi connectivity index (χ4v) is 3.44. The van der Waals surface area contributed by atoms with Crippen LogP contribution in [-0.2, 0) is 7.05 Å². The molecule has 0 saturated heterocycles. The lowest BCUT2D eigenvalue weighted by Crippen LogP contribution is -2.13. The molecule has 30 heavy (non-hydrogen) atoms. The number of nitrogens with zero attached hydrogens (tertiary/aromatic N) is 5. The lowest BCUT2D eigenvalue weighted by molar-refractivity contribution is 0.102. The van der Waals surface area contributed by atoms with Gasteiger partial charge in [0.25, 0.3) is 5.91 Å². The number of anilines is 1. The van der Waals surface area contributed by atoms with E-state index in [1.807, 2.05) is 55.8 Å². The third kappa shape index (κ3) is 3.33. The molecule has 0 radical (unpaired) electrons. The molecule has 0 aliphatic rings. The Hall–Kier alpha value is -4.26. The summed E-state index contributed by atoms with van der Waals surface area (Å²) in [6, 6.07) is 19.1. The Morgan fingerprint density at radius 3 is 2.77 bits per heavy atom. The highest BCUT2D eigenvalue weighted by molar-refractivity contribution is 6.04. The summed E-state index contributed by atoms with van der Waals surface area (Å²) in [7, 11) is 1.86. The first-order valence-corrected chi connectivity index (χ1v) is 9.47. The maximum atomic E-state index is 12.8. The van der Waals surface area contributed by atoms with Crippen LogP contribution in [0.2, 0.25) is 0 Å². The molecule has 1 N–H and O–H groups in total. The maximum absolute atomic E-state index is 12.8. The Morgan fingerprint density at radius 2 is 1.90 bits per heavy atom.